The van der Waals surface area contributed by atoms with Gasteiger partial charge in [0.15, 0.2) is 0 Å². The fourth-order valence-electron chi connectivity index (χ4n) is 0.591. The van der Waals surface area contributed by atoms with E-state index in [0.29, 0.717) is 6.61 Å². The molecule has 0 aliphatic carbocycles. The molecule has 0 aliphatic rings. The van der Waals surface area contributed by atoms with Crippen LogP contribution < -0.4 is 0 Å². The molecule has 0 spiro atoms. The van der Waals surface area contributed by atoms with E-state index in [-0.39, 0.29) is 5.60 Å². The van der Waals surface area contributed by atoms with Gasteiger partial charge >= 0.3 is 0 Å². The smallest absolute Gasteiger partial charge is 0.127 e. The summed E-state index contributed by atoms with van der Waals surface area (Å²) in [7, 11) is 0. The predicted molar refractivity (Wildman–Crippen MR) is 56.8 cm³/mol. The van der Waals surface area contributed by atoms with Crippen LogP contribution in [0, 0.1) is 0 Å². The maximum atomic E-state index is 5.22. The Morgan fingerprint density at radius 3 is 2.50 bits per heavy atom. The number of hydrogen-bond donors (Lipinski definition) is 0. The zero-order chi connectivity index (χ0) is 10.9. The number of ether oxygens (including phenoxy) is 1. The van der Waals surface area contributed by atoms with Crippen molar-refractivity contribution in [3.05, 3.63) is 12.3 Å². The van der Waals surface area contributed by atoms with Crippen LogP contribution in [0.2, 0.25) is 0 Å². The third-order valence-electron chi connectivity index (χ3n) is 1.84. The van der Waals surface area contributed by atoms with Gasteiger partial charge in [-0.3, -0.25) is 0 Å². The van der Waals surface area contributed by atoms with Crippen LogP contribution in [-0.2, 0) is 14.5 Å². The summed E-state index contributed by atoms with van der Waals surface area (Å²) in [5.74, 6) is 0. The molecule has 3 nitrogen and oxygen atoms in total. The van der Waals surface area contributed by atoms with Crippen molar-refractivity contribution < 1.29 is 14.5 Å². The third kappa shape index (κ3) is 8.08. The first-order valence-corrected chi connectivity index (χ1v) is 5.19. The summed E-state index contributed by atoms with van der Waals surface area (Å²) >= 11 is 0. The van der Waals surface area contributed by atoms with E-state index in [4.69, 9.17) is 14.5 Å². The molecule has 0 rings (SSSR count). The zero-order valence-corrected chi connectivity index (χ0v) is 9.71. The summed E-state index contributed by atoms with van der Waals surface area (Å²) in [6, 6.07) is 0. The Labute approximate surface area is 87.0 Å². The summed E-state index contributed by atoms with van der Waals surface area (Å²) in [4.78, 5) is 10.1. The molecule has 0 heterocycles. The highest BCUT2D eigenvalue weighted by molar-refractivity contribution is 4.72. The average Bonchev–Trinajstić information content (AvgIpc) is 2.16. The van der Waals surface area contributed by atoms with E-state index >= 15 is 0 Å². The van der Waals surface area contributed by atoms with Crippen LogP contribution in [-0.4, -0.2) is 18.8 Å². The van der Waals surface area contributed by atoms with Crippen molar-refractivity contribution in [2.45, 2.75) is 46.1 Å². The van der Waals surface area contributed by atoms with Gasteiger partial charge in [0.1, 0.15) is 11.9 Å². The molecule has 0 radical (unpaired) electrons. The SMILES string of the molecule is CCCOCC=COOC(C)(C)CC. The van der Waals surface area contributed by atoms with Crippen LogP contribution in [0.5, 0.6) is 0 Å². The van der Waals surface area contributed by atoms with Crippen LogP contribution >= 0.6 is 0 Å². The van der Waals surface area contributed by atoms with Gasteiger partial charge in [-0.2, -0.15) is 4.89 Å². The fraction of sp³-hybridized carbons (Fsp3) is 0.818. The summed E-state index contributed by atoms with van der Waals surface area (Å²) in [6.07, 6.45) is 5.26. The standard InChI is InChI=1S/C11H22O3/c1-5-8-12-9-7-10-13-14-11(3,4)6-2/h7,10H,5-6,8-9H2,1-4H3. The van der Waals surface area contributed by atoms with Gasteiger partial charge in [0.05, 0.1) is 6.61 Å². The van der Waals surface area contributed by atoms with E-state index in [1.165, 1.54) is 6.26 Å². The largest absolute Gasteiger partial charge is 0.377 e. The van der Waals surface area contributed by atoms with Crippen LogP contribution in [0.25, 0.3) is 0 Å². The zero-order valence-electron chi connectivity index (χ0n) is 9.71. The second kappa shape index (κ2) is 7.83. The molecule has 0 bridgehead atoms. The van der Waals surface area contributed by atoms with Crippen molar-refractivity contribution in [2.24, 2.45) is 0 Å². The lowest BCUT2D eigenvalue weighted by atomic mass is 10.1. The van der Waals surface area contributed by atoms with Crippen molar-refractivity contribution in [2.75, 3.05) is 13.2 Å². The first kappa shape index (κ1) is 13.5. The Hall–Kier alpha value is -0.540. The normalized spacial score (nSPS) is 12.3. The summed E-state index contributed by atoms with van der Waals surface area (Å²) in [6.45, 7) is 9.45. The molecule has 3 heteroatoms. The van der Waals surface area contributed by atoms with Gasteiger partial charge in [-0.1, -0.05) is 13.8 Å². The quantitative estimate of drug-likeness (QED) is 0.262. The van der Waals surface area contributed by atoms with Crippen molar-refractivity contribution in [1.82, 2.24) is 0 Å². The maximum Gasteiger partial charge on any atom is 0.127 e. The molecule has 0 aliphatic heterocycles. The second-order valence-corrected chi connectivity index (χ2v) is 3.74. The van der Waals surface area contributed by atoms with Gasteiger partial charge in [-0.15, -0.1) is 0 Å². The van der Waals surface area contributed by atoms with Crippen molar-refractivity contribution in [1.29, 1.82) is 0 Å². The van der Waals surface area contributed by atoms with Gasteiger partial charge in [0, 0.05) is 6.61 Å². The first-order valence-electron chi connectivity index (χ1n) is 5.19. The van der Waals surface area contributed by atoms with E-state index in [2.05, 4.69) is 13.8 Å². The van der Waals surface area contributed by atoms with E-state index < -0.39 is 0 Å². The number of rotatable bonds is 8. The molecular formula is C11H22O3. The average molecular weight is 202 g/mol. The molecule has 0 fully saturated rings. The minimum atomic E-state index is -0.228. The van der Waals surface area contributed by atoms with E-state index in [1.54, 1.807) is 6.08 Å². The highest BCUT2D eigenvalue weighted by Crippen LogP contribution is 2.13. The molecule has 0 saturated carbocycles. The predicted octanol–water partition coefficient (Wildman–Crippen LogP) is 3.06. The summed E-state index contributed by atoms with van der Waals surface area (Å²) < 4.78 is 5.22. The van der Waals surface area contributed by atoms with Crippen LogP contribution in [0.15, 0.2) is 12.3 Å². The van der Waals surface area contributed by atoms with Gasteiger partial charge in [0.2, 0.25) is 0 Å². The van der Waals surface area contributed by atoms with Gasteiger partial charge < -0.3 is 9.62 Å². The molecule has 0 atom stereocenters. The Balaban J connectivity index is 3.35. The van der Waals surface area contributed by atoms with E-state index in [0.717, 1.165) is 19.4 Å². The van der Waals surface area contributed by atoms with E-state index in [1.807, 2.05) is 13.8 Å². The van der Waals surface area contributed by atoms with Gasteiger partial charge in [-0.25, -0.2) is 0 Å². The molecule has 0 saturated heterocycles. The Morgan fingerprint density at radius 2 is 1.93 bits per heavy atom. The van der Waals surface area contributed by atoms with Crippen LogP contribution in [0.4, 0.5) is 0 Å². The second-order valence-electron chi connectivity index (χ2n) is 3.74. The summed E-state index contributed by atoms with van der Waals surface area (Å²) in [5, 5.41) is 0. The third-order valence-corrected chi connectivity index (χ3v) is 1.84. The monoisotopic (exact) mass is 202 g/mol. The van der Waals surface area contributed by atoms with Crippen LogP contribution in [0.3, 0.4) is 0 Å². The van der Waals surface area contributed by atoms with Crippen molar-refractivity contribution in [3.63, 3.8) is 0 Å². The van der Waals surface area contributed by atoms with Crippen molar-refractivity contribution in [3.8, 4) is 0 Å². The molecule has 0 aromatic carbocycles. The van der Waals surface area contributed by atoms with Crippen molar-refractivity contribution >= 4 is 0 Å². The molecule has 0 aromatic heterocycles. The van der Waals surface area contributed by atoms with E-state index in [9.17, 15) is 0 Å². The highest BCUT2D eigenvalue weighted by Gasteiger charge is 2.16. The topological polar surface area (TPSA) is 27.7 Å². The molecule has 0 aromatic rings. The Morgan fingerprint density at radius 1 is 1.21 bits per heavy atom. The first-order chi connectivity index (χ1) is 6.62. The minimum Gasteiger partial charge on any atom is -0.377 e. The highest BCUT2D eigenvalue weighted by atomic mass is 17.2. The number of hydrogen-bond acceptors (Lipinski definition) is 3. The lowest BCUT2D eigenvalue weighted by Gasteiger charge is -2.19. The van der Waals surface area contributed by atoms with Crippen LogP contribution in [0.1, 0.15) is 40.5 Å². The lowest BCUT2D eigenvalue weighted by molar-refractivity contribution is -0.316. The molecule has 0 amide bonds. The maximum absolute atomic E-state index is 5.22. The lowest BCUT2D eigenvalue weighted by Crippen LogP contribution is -2.21. The Kier molecular flexibility index (Phi) is 7.52. The van der Waals surface area contributed by atoms with Gasteiger partial charge in [0.25, 0.3) is 0 Å². The minimum absolute atomic E-state index is 0.228. The molecule has 0 unspecified atom stereocenters. The molecule has 0 N–H and O–H groups in total. The summed E-state index contributed by atoms with van der Waals surface area (Å²) in [5.41, 5.74) is -0.228. The fourth-order valence-corrected chi connectivity index (χ4v) is 0.591. The molecule has 84 valence electrons. The van der Waals surface area contributed by atoms with Gasteiger partial charge in [-0.05, 0) is 32.8 Å². The molecule has 14 heavy (non-hydrogen) atoms. The Bertz CT molecular complexity index is 153. The molecular weight excluding hydrogens is 180 g/mol.